The molecule has 0 saturated heterocycles. The fourth-order valence-electron chi connectivity index (χ4n) is 2.25. The first kappa shape index (κ1) is 11.7. The van der Waals surface area contributed by atoms with Crippen molar-refractivity contribution >= 4 is 17.5 Å². The van der Waals surface area contributed by atoms with Crippen molar-refractivity contribution in [1.29, 1.82) is 0 Å². The summed E-state index contributed by atoms with van der Waals surface area (Å²) in [5.74, 6) is 1.66. The maximum Gasteiger partial charge on any atom is 0.251 e. The van der Waals surface area contributed by atoms with E-state index in [1.54, 1.807) is 18.2 Å². The molecule has 0 unspecified atom stereocenters. The van der Waals surface area contributed by atoms with Gasteiger partial charge in [0.2, 0.25) is 6.79 Å². The van der Waals surface area contributed by atoms with Crippen LogP contribution in [0.3, 0.4) is 0 Å². The monoisotopic (exact) mass is 267 g/mol. The van der Waals surface area contributed by atoms with Gasteiger partial charge in [0.25, 0.3) is 5.91 Å². The van der Waals surface area contributed by atoms with E-state index in [-0.39, 0.29) is 18.2 Å². The van der Waals surface area contributed by atoms with Crippen LogP contribution in [0.5, 0.6) is 11.5 Å². The van der Waals surface area contributed by atoms with E-state index < -0.39 is 0 Å². The quantitative estimate of drug-likeness (QED) is 0.855. The van der Waals surface area contributed by atoms with Crippen LogP contribution in [0, 0.1) is 0 Å². The number of amides is 1. The average molecular weight is 268 g/mol. The van der Waals surface area contributed by atoms with Gasteiger partial charge in [0.15, 0.2) is 11.5 Å². The van der Waals surface area contributed by atoms with E-state index in [9.17, 15) is 4.79 Å². The predicted molar refractivity (Wildman–Crippen MR) is 67.3 cm³/mol. The highest BCUT2D eigenvalue weighted by Gasteiger charge is 2.37. The molecule has 4 nitrogen and oxygen atoms in total. The zero-order valence-electron chi connectivity index (χ0n) is 9.87. The maximum absolute atomic E-state index is 12.1. The highest BCUT2D eigenvalue weighted by molar-refractivity contribution is 6.19. The van der Waals surface area contributed by atoms with Crippen LogP contribution < -0.4 is 14.8 Å². The SMILES string of the molecule is O=C(NC1(CCl)CCC1)c1ccc2c(c1)OCO2. The van der Waals surface area contributed by atoms with Crippen molar-refractivity contribution in [2.45, 2.75) is 24.8 Å². The topological polar surface area (TPSA) is 47.6 Å². The van der Waals surface area contributed by atoms with Crippen molar-refractivity contribution in [2.24, 2.45) is 0 Å². The zero-order valence-corrected chi connectivity index (χ0v) is 10.6. The lowest BCUT2D eigenvalue weighted by molar-refractivity contribution is 0.0853. The van der Waals surface area contributed by atoms with Gasteiger partial charge in [0.05, 0.1) is 5.54 Å². The molecule has 1 aliphatic heterocycles. The van der Waals surface area contributed by atoms with Crippen molar-refractivity contribution in [3.63, 3.8) is 0 Å². The number of alkyl halides is 1. The average Bonchev–Trinajstić information content (AvgIpc) is 2.80. The highest BCUT2D eigenvalue weighted by atomic mass is 35.5. The first-order valence-electron chi connectivity index (χ1n) is 6.01. The highest BCUT2D eigenvalue weighted by Crippen LogP contribution is 2.35. The molecular formula is C13H14ClNO3. The number of rotatable bonds is 3. The Hall–Kier alpha value is -1.42. The van der Waals surface area contributed by atoms with E-state index >= 15 is 0 Å². The number of hydrogen-bond donors (Lipinski definition) is 1. The molecule has 1 saturated carbocycles. The number of hydrogen-bond acceptors (Lipinski definition) is 3. The first-order valence-corrected chi connectivity index (χ1v) is 6.54. The second-order valence-corrected chi connectivity index (χ2v) is 5.06. The lowest BCUT2D eigenvalue weighted by Gasteiger charge is -2.41. The minimum absolute atomic E-state index is 0.103. The summed E-state index contributed by atoms with van der Waals surface area (Å²) < 4.78 is 10.5. The minimum Gasteiger partial charge on any atom is -0.454 e. The van der Waals surface area contributed by atoms with Crippen LogP contribution in [0.15, 0.2) is 18.2 Å². The summed E-state index contributed by atoms with van der Waals surface area (Å²) in [7, 11) is 0. The van der Waals surface area contributed by atoms with Crippen molar-refractivity contribution in [2.75, 3.05) is 12.7 Å². The smallest absolute Gasteiger partial charge is 0.251 e. The fourth-order valence-corrected chi connectivity index (χ4v) is 2.58. The molecular weight excluding hydrogens is 254 g/mol. The largest absolute Gasteiger partial charge is 0.454 e. The van der Waals surface area contributed by atoms with E-state index in [4.69, 9.17) is 21.1 Å². The molecule has 0 radical (unpaired) electrons. The van der Waals surface area contributed by atoms with E-state index in [1.807, 2.05) is 0 Å². The van der Waals surface area contributed by atoms with E-state index in [1.165, 1.54) is 0 Å². The van der Waals surface area contributed by atoms with E-state index in [0.29, 0.717) is 22.9 Å². The van der Waals surface area contributed by atoms with Crippen LogP contribution in [0.25, 0.3) is 0 Å². The molecule has 1 N–H and O–H groups in total. The molecule has 96 valence electrons. The lowest BCUT2D eigenvalue weighted by Crippen LogP contribution is -2.55. The molecule has 1 aliphatic carbocycles. The van der Waals surface area contributed by atoms with Crippen LogP contribution in [0.2, 0.25) is 0 Å². The Balaban J connectivity index is 1.76. The molecule has 1 fully saturated rings. The van der Waals surface area contributed by atoms with Gasteiger partial charge in [0.1, 0.15) is 0 Å². The molecule has 18 heavy (non-hydrogen) atoms. The number of nitrogens with one attached hydrogen (secondary N) is 1. The van der Waals surface area contributed by atoms with Gasteiger partial charge in [-0.1, -0.05) is 0 Å². The zero-order chi connectivity index (χ0) is 12.6. The van der Waals surface area contributed by atoms with Gasteiger partial charge < -0.3 is 14.8 Å². The summed E-state index contributed by atoms with van der Waals surface area (Å²) in [6.07, 6.45) is 3.02. The standard InChI is InChI=1S/C13H14ClNO3/c14-7-13(4-1-5-13)15-12(16)9-2-3-10-11(6-9)18-8-17-10/h2-3,6H,1,4-5,7-8H2,(H,15,16). The number of halogens is 1. The second kappa shape index (κ2) is 4.35. The minimum atomic E-state index is -0.213. The Bertz CT molecular complexity index is 480. The number of carbonyl (C=O) groups excluding carboxylic acids is 1. The van der Waals surface area contributed by atoms with Gasteiger partial charge in [-0.05, 0) is 37.5 Å². The molecule has 2 aliphatic rings. The third-order valence-electron chi connectivity index (χ3n) is 3.58. The van der Waals surface area contributed by atoms with Gasteiger partial charge in [-0.15, -0.1) is 11.6 Å². The van der Waals surface area contributed by atoms with Crippen molar-refractivity contribution in [3.05, 3.63) is 23.8 Å². The Morgan fingerprint density at radius 1 is 1.33 bits per heavy atom. The summed E-state index contributed by atoms with van der Waals surface area (Å²) in [4.78, 5) is 12.1. The Kier molecular flexibility index (Phi) is 2.82. The van der Waals surface area contributed by atoms with Crippen LogP contribution in [-0.2, 0) is 0 Å². The number of ether oxygens (including phenoxy) is 2. The van der Waals surface area contributed by atoms with Gasteiger partial charge >= 0.3 is 0 Å². The second-order valence-electron chi connectivity index (χ2n) is 4.79. The summed E-state index contributed by atoms with van der Waals surface area (Å²) in [6.45, 7) is 0.214. The first-order chi connectivity index (χ1) is 8.72. The van der Waals surface area contributed by atoms with Gasteiger partial charge in [-0.2, -0.15) is 0 Å². The molecule has 1 amide bonds. The maximum atomic E-state index is 12.1. The summed E-state index contributed by atoms with van der Waals surface area (Å²) in [5.41, 5.74) is 0.366. The van der Waals surface area contributed by atoms with Gasteiger partial charge in [-0.25, -0.2) is 0 Å². The number of fused-ring (bicyclic) bond motifs is 1. The normalized spacial score (nSPS) is 19.2. The summed E-state index contributed by atoms with van der Waals surface area (Å²) in [6, 6.07) is 5.20. The third-order valence-corrected chi connectivity index (χ3v) is 4.09. The molecule has 1 aromatic rings. The molecule has 5 heteroatoms. The molecule has 0 spiro atoms. The number of carbonyl (C=O) groups is 1. The molecule has 1 aromatic carbocycles. The fraction of sp³-hybridized carbons (Fsp3) is 0.462. The van der Waals surface area contributed by atoms with E-state index in [0.717, 1.165) is 19.3 Å². The Morgan fingerprint density at radius 3 is 2.78 bits per heavy atom. The predicted octanol–water partition coefficient (Wildman–Crippen LogP) is 2.31. The summed E-state index contributed by atoms with van der Waals surface area (Å²) >= 11 is 5.93. The van der Waals surface area contributed by atoms with Crippen LogP contribution in [0.4, 0.5) is 0 Å². The summed E-state index contributed by atoms with van der Waals surface area (Å²) in [5, 5.41) is 3.02. The van der Waals surface area contributed by atoms with Gasteiger partial charge in [0, 0.05) is 11.4 Å². The van der Waals surface area contributed by atoms with Crippen LogP contribution in [-0.4, -0.2) is 24.1 Å². The molecule has 0 atom stereocenters. The molecule has 0 bridgehead atoms. The number of benzene rings is 1. The van der Waals surface area contributed by atoms with Gasteiger partial charge in [-0.3, -0.25) is 4.79 Å². The van der Waals surface area contributed by atoms with E-state index in [2.05, 4.69) is 5.32 Å². The van der Waals surface area contributed by atoms with Crippen molar-refractivity contribution in [3.8, 4) is 11.5 Å². The van der Waals surface area contributed by atoms with Crippen molar-refractivity contribution in [1.82, 2.24) is 5.32 Å². The lowest BCUT2D eigenvalue weighted by atomic mass is 9.78. The Morgan fingerprint density at radius 2 is 2.11 bits per heavy atom. The molecule has 3 rings (SSSR count). The van der Waals surface area contributed by atoms with Crippen LogP contribution >= 0.6 is 11.6 Å². The Labute approximate surface area is 110 Å². The van der Waals surface area contributed by atoms with Crippen molar-refractivity contribution < 1.29 is 14.3 Å². The molecule has 0 aromatic heterocycles. The van der Waals surface area contributed by atoms with Crippen LogP contribution in [0.1, 0.15) is 29.6 Å². The third kappa shape index (κ3) is 1.90. The molecule has 1 heterocycles.